The van der Waals surface area contributed by atoms with Crippen LogP contribution in [0.2, 0.25) is 0 Å². The third-order valence-corrected chi connectivity index (χ3v) is 3.00. The topological polar surface area (TPSA) is 75.1 Å². The van der Waals surface area contributed by atoms with Crippen LogP contribution in [0.4, 0.5) is 4.39 Å². The van der Waals surface area contributed by atoms with Gasteiger partial charge in [0.1, 0.15) is 5.82 Å². The lowest BCUT2D eigenvalue weighted by Crippen LogP contribution is -2.25. The number of esters is 1. The number of hydrogen-bond donors (Lipinski definition) is 0. The van der Waals surface area contributed by atoms with Gasteiger partial charge in [-0.3, -0.25) is 4.79 Å². The summed E-state index contributed by atoms with van der Waals surface area (Å²) in [4.78, 5) is 14.2. The first-order valence-corrected chi connectivity index (χ1v) is 6.36. The molecule has 0 unspecified atom stereocenters. The van der Waals surface area contributed by atoms with Crippen molar-refractivity contribution in [2.24, 2.45) is 5.11 Å². The van der Waals surface area contributed by atoms with Crippen LogP contribution in [0.1, 0.15) is 38.3 Å². The number of carbonyl (C=O) groups is 1. The van der Waals surface area contributed by atoms with Crippen LogP contribution in [-0.4, -0.2) is 12.6 Å². The van der Waals surface area contributed by atoms with Gasteiger partial charge >= 0.3 is 5.97 Å². The second-order valence-electron chi connectivity index (χ2n) is 5.03. The number of azide groups is 1. The fraction of sp³-hybridized carbons (Fsp3) is 0.500. The summed E-state index contributed by atoms with van der Waals surface area (Å²) in [7, 11) is 0. The van der Waals surface area contributed by atoms with E-state index in [9.17, 15) is 9.18 Å². The fourth-order valence-electron chi connectivity index (χ4n) is 2.00. The zero-order valence-corrected chi connectivity index (χ0v) is 11.9. The van der Waals surface area contributed by atoms with E-state index in [-0.39, 0.29) is 18.9 Å². The van der Waals surface area contributed by atoms with Gasteiger partial charge in [-0.2, -0.15) is 0 Å². The Labute approximate surface area is 117 Å². The predicted octanol–water partition coefficient (Wildman–Crippen LogP) is 3.87. The van der Waals surface area contributed by atoms with E-state index in [0.717, 1.165) is 0 Å². The lowest BCUT2D eigenvalue weighted by Gasteiger charge is -2.25. The average Bonchev–Trinajstić information content (AvgIpc) is 2.37. The maximum Gasteiger partial charge on any atom is 0.306 e. The summed E-state index contributed by atoms with van der Waals surface area (Å²) < 4.78 is 19.3. The SMILES string of the molecule is CCOC(=O)CC(C)(C)c1cccc(CN=[N+]=[N-])c1F. The second-order valence-corrected chi connectivity index (χ2v) is 5.03. The first-order valence-electron chi connectivity index (χ1n) is 6.36. The summed E-state index contributed by atoms with van der Waals surface area (Å²) in [5.41, 5.74) is 8.34. The normalized spacial score (nSPS) is 10.8. The van der Waals surface area contributed by atoms with Gasteiger partial charge in [-0.1, -0.05) is 37.2 Å². The largest absolute Gasteiger partial charge is 0.466 e. The van der Waals surface area contributed by atoms with E-state index in [1.54, 1.807) is 39.0 Å². The Kier molecular flexibility index (Phi) is 5.53. The molecule has 0 aliphatic carbocycles. The lowest BCUT2D eigenvalue weighted by molar-refractivity contribution is -0.144. The number of carbonyl (C=O) groups excluding carboxylic acids is 1. The first-order chi connectivity index (χ1) is 9.42. The van der Waals surface area contributed by atoms with Crippen molar-refractivity contribution >= 4 is 5.97 Å². The fourth-order valence-corrected chi connectivity index (χ4v) is 2.00. The molecule has 0 bridgehead atoms. The van der Waals surface area contributed by atoms with Gasteiger partial charge < -0.3 is 4.74 Å². The van der Waals surface area contributed by atoms with Crippen molar-refractivity contribution in [3.63, 3.8) is 0 Å². The van der Waals surface area contributed by atoms with E-state index in [1.165, 1.54) is 0 Å². The molecular weight excluding hydrogens is 261 g/mol. The standard InChI is InChI=1S/C14H18FN3O2/c1-4-20-12(19)8-14(2,3)11-7-5-6-10(13(11)15)9-17-18-16/h5-7H,4,8-9H2,1-3H3. The molecule has 0 amide bonds. The number of halogens is 1. The van der Waals surface area contributed by atoms with Gasteiger partial charge in [0.2, 0.25) is 0 Å². The van der Waals surface area contributed by atoms with Gasteiger partial charge in [-0.25, -0.2) is 4.39 Å². The van der Waals surface area contributed by atoms with Crippen LogP contribution >= 0.6 is 0 Å². The molecular formula is C14H18FN3O2. The monoisotopic (exact) mass is 279 g/mol. The van der Waals surface area contributed by atoms with Crippen LogP contribution in [-0.2, 0) is 21.5 Å². The summed E-state index contributed by atoms with van der Waals surface area (Å²) in [5.74, 6) is -0.799. The molecule has 0 aromatic heterocycles. The third-order valence-electron chi connectivity index (χ3n) is 3.00. The van der Waals surface area contributed by atoms with Crippen molar-refractivity contribution in [1.29, 1.82) is 0 Å². The first kappa shape index (κ1) is 16.0. The predicted molar refractivity (Wildman–Crippen MR) is 73.5 cm³/mol. The van der Waals surface area contributed by atoms with E-state index < -0.39 is 11.2 Å². The van der Waals surface area contributed by atoms with Gasteiger partial charge in [0, 0.05) is 10.3 Å². The summed E-state index contributed by atoms with van der Waals surface area (Å²) in [6.45, 7) is 5.53. The highest BCUT2D eigenvalue weighted by atomic mass is 19.1. The molecule has 1 rings (SSSR count). The van der Waals surface area contributed by atoms with Gasteiger partial charge in [0.05, 0.1) is 19.6 Å². The van der Waals surface area contributed by atoms with Crippen molar-refractivity contribution in [1.82, 2.24) is 0 Å². The Morgan fingerprint density at radius 1 is 1.50 bits per heavy atom. The molecule has 6 heteroatoms. The lowest BCUT2D eigenvalue weighted by atomic mass is 9.80. The minimum atomic E-state index is -0.692. The Morgan fingerprint density at radius 2 is 2.20 bits per heavy atom. The quantitative estimate of drug-likeness (QED) is 0.343. The minimum absolute atomic E-state index is 0.0499. The van der Waals surface area contributed by atoms with Gasteiger partial charge in [-0.05, 0) is 23.6 Å². The van der Waals surface area contributed by atoms with Gasteiger partial charge in [0.15, 0.2) is 0 Å². The van der Waals surface area contributed by atoms with E-state index in [2.05, 4.69) is 10.0 Å². The summed E-state index contributed by atoms with van der Waals surface area (Å²) in [6, 6.07) is 4.88. The highest BCUT2D eigenvalue weighted by Gasteiger charge is 2.28. The molecule has 0 heterocycles. The van der Waals surface area contributed by atoms with Crippen molar-refractivity contribution in [3.8, 4) is 0 Å². The maximum atomic E-state index is 14.4. The number of ether oxygens (including phenoxy) is 1. The summed E-state index contributed by atoms with van der Waals surface area (Å²) in [5, 5.41) is 3.37. The van der Waals surface area contributed by atoms with Crippen LogP contribution in [0, 0.1) is 5.82 Å². The van der Waals surface area contributed by atoms with E-state index in [0.29, 0.717) is 17.7 Å². The zero-order valence-electron chi connectivity index (χ0n) is 11.9. The number of benzene rings is 1. The molecule has 0 spiro atoms. The number of rotatable bonds is 6. The zero-order chi connectivity index (χ0) is 15.2. The highest BCUT2D eigenvalue weighted by molar-refractivity contribution is 5.71. The molecule has 1 aromatic carbocycles. The molecule has 0 N–H and O–H groups in total. The molecule has 0 aliphatic rings. The van der Waals surface area contributed by atoms with Crippen molar-refractivity contribution in [3.05, 3.63) is 45.6 Å². The molecule has 1 aromatic rings. The molecule has 0 atom stereocenters. The molecule has 0 fully saturated rings. The van der Waals surface area contributed by atoms with E-state index >= 15 is 0 Å². The Bertz CT molecular complexity index is 537. The summed E-state index contributed by atoms with van der Waals surface area (Å²) in [6.07, 6.45) is 0.0860. The molecule has 5 nitrogen and oxygen atoms in total. The van der Waals surface area contributed by atoms with Crippen LogP contribution < -0.4 is 0 Å². The van der Waals surface area contributed by atoms with E-state index in [1.807, 2.05) is 0 Å². The molecule has 0 saturated heterocycles. The second kappa shape index (κ2) is 6.91. The van der Waals surface area contributed by atoms with Crippen LogP contribution in [0.3, 0.4) is 0 Å². The highest BCUT2D eigenvalue weighted by Crippen LogP contribution is 2.31. The Hall–Kier alpha value is -2.07. The third kappa shape index (κ3) is 3.96. The van der Waals surface area contributed by atoms with Crippen molar-refractivity contribution < 1.29 is 13.9 Å². The minimum Gasteiger partial charge on any atom is -0.466 e. The van der Waals surface area contributed by atoms with E-state index in [4.69, 9.17) is 10.3 Å². The van der Waals surface area contributed by atoms with Crippen LogP contribution in [0.15, 0.2) is 23.3 Å². The maximum absolute atomic E-state index is 14.4. The molecule has 20 heavy (non-hydrogen) atoms. The van der Waals surface area contributed by atoms with Gasteiger partial charge in [0.25, 0.3) is 0 Å². The smallest absolute Gasteiger partial charge is 0.306 e. The molecule has 0 saturated carbocycles. The Balaban J connectivity index is 3.05. The van der Waals surface area contributed by atoms with Crippen molar-refractivity contribution in [2.75, 3.05) is 6.61 Å². The number of hydrogen-bond acceptors (Lipinski definition) is 3. The molecule has 108 valence electrons. The Morgan fingerprint density at radius 3 is 2.80 bits per heavy atom. The summed E-state index contributed by atoms with van der Waals surface area (Å²) >= 11 is 0. The van der Waals surface area contributed by atoms with Crippen LogP contribution in [0.25, 0.3) is 10.4 Å². The van der Waals surface area contributed by atoms with Crippen molar-refractivity contribution in [2.45, 2.75) is 39.2 Å². The molecule has 0 radical (unpaired) electrons. The molecule has 0 aliphatic heterocycles. The van der Waals surface area contributed by atoms with Crippen LogP contribution in [0.5, 0.6) is 0 Å². The number of nitrogens with zero attached hydrogens (tertiary/aromatic N) is 3. The average molecular weight is 279 g/mol. The van der Waals surface area contributed by atoms with Gasteiger partial charge in [-0.15, -0.1) is 0 Å².